The number of furan rings is 1. The van der Waals surface area contributed by atoms with Crippen LogP contribution in [0.1, 0.15) is 11.3 Å². The van der Waals surface area contributed by atoms with Crippen molar-refractivity contribution < 1.29 is 4.42 Å². The molecule has 0 radical (unpaired) electrons. The fraction of sp³-hybridized carbons (Fsp3) is 0.409. The van der Waals surface area contributed by atoms with Crippen LogP contribution in [0.2, 0.25) is 0 Å². The minimum Gasteiger partial charge on any atom is -0.459 e. The van der Waals surface area contributed by atoms with Crippen LogP contribution >= 0.6 is 24.0 Å². The first-order chi connectivity index (χ1) is 14.7. The number of aryl methyl sites for hydroxylation is 1. The average Bonchev–Trinajstić information content (AvgIpc) is 3.13. The van der Waals surface area contributed by atoms with Gasteiger partial charge < -0.3 is 20.0 Å². The van der Waals surface area contributed by atoms with E-state index in [0.717, 1.165) is 67.9 Å². The van der Waals surface area contributed by atoms with Crippen LogP contribution in [0.25, 0.3) is 11.0 Å². The van der Waals surface area contributed by atoms with E-state index in [2.05, 4.69) is 48.4 Å². The molecule has 1 fully saturated rings. The molecule has 0 spiro atoms. The molecule has 9 heteroatoms. The van der Waals surface area contributed by atoms with Gasteiger partial charge in [0, 0.05) is 69.7 Å². The van der Waals surface area contributed by atoms with E-state index in [0.29, 0.717) is 6.54 Å². The summed E-state index contributed by atoms with van der Waals surface area (Å²) < 4.78 is 5.97. The number of anilines is 1. The Labute approximate surface area is 200 Å². The number of aliphatic imine (C=N–C) groups is 1. The van der Waals surface area contributed by atoms with Crippen molar-refractivity contribution in [2.75, 3.05) is 51.2 Å². The Bertz CT molecular complexity index is 984. The van der Waals surface area contributed by atoms with Gasteiger partial charge in [-0.2, -0.15) is 0 Å². The summed E-state index contributed by atoms with van der Waals surface area (Å²) in [6, 6.07) is 9.98. The van der Waals surface area contributed by atoms with Crippen molar-refractivity contribution >= 4 is 46.9 Å². The molecule has 0 unspecified atom stereocenters. The molecule has 8 nitrogen and oxygen atoms in total. The van der Waals surface area contributed by atoms with Crippen molar-refractivity contribution in [2.45, 2.75) is 13.5 Å². The number of hydrogen-bond donors (Lipinski definition) is 2. The Morgan fingerprint density at radius 3 is 2.52 bits per heavy atom. The van der Waals surface area contributed by atoms with Gasteiger partial charge in [-0.05, 0) is 19.1 Å². The lowest BCUT2D eigenvalue weighted by Crippen LogP contribution is -2.49. The largest absolute Gasteiger partial charge is 0.459 e. The van der Waals surface area contributed by atoms with Crippen LogP contribution in [0.5, 0.6) is 0 Å². The number of guanidine groups is 1. The molecule has 2 aromatic heterocycles. The number of piperazine rings is 1. The molecule has 1 aromatic carbocycles. The summed E-state index contributed by atoms with van der Waals surface area (Å²) in [5, 5.41) is 7.92. The van der Waals surface area contributed by atoms with Gasteiger partial charge in [0.1, 0.15) is 11.3 Å². The molecular weight excluding hydrogens is 505 g/mol. The van der Waals surface area contributed by atoms with E-state index < -0.39 is 0 Å². The summed E-state index contributed by atoms with van der Waals surface area (Å²) in [7, 11) is 1.79. The second kappa shape index (κ2) is 11.3. The van der Waals surface area contributed by atoms with Crippen LogP contribution < -0.4 is 15.5 Å². The highest BCUT2D eigenvalue weighted by molar-refractivity contribution is 14.0. The number of hydrogen-bond acceptors (Lipinski definition) is 6. The zero-order valence-electron chi connectivity index (χ0n) is 18.0. The van der Waals surface area contributed by atoms with Crippen molar-refractivity contribution in [3.05, 3.63) is 54.0 Å². The normalized spacial score (nSPS) is 15.0. The molecule has 3 heterocycles. The Kier molecular flexibility index (Phi) is 8.47. The highest BCUT2D eigenvalue weighted by atomic mass is 127. The van der Waals surface area contributed by atoms with E-state index in [1.54, 1.807) is 19.4 Å². The van der Waals surface area contributed by atoms with E-state index >= 15 is 0 Å². The first-order valence-corrected chi connectivity index (χ1v) is 10.4. The van der Waals surface area contributed by atoms with Crippen molar-refractivity contribution in [2.24, 2.45) is 4.99 Å². The maximum absolute atomic E-state index is 5.97. The maximum Gasteiger partial charge on any atom is 0.225 e. The Morgan fingerprint density at radius 1 is 1.06 bits per heavy atom. The smallest absolute Gasteiger partial charge is 0.225 e. The molecule has 1 aliphatic heterocycles. The summed E-state index contributed by atoms with van der Waals surface area (Å²) in [4.78, 5) is 17.7. The summed E-state index contributed by atoms with van der Waals surface area (Å²) in [6.45, 7) is 8.41. The summed E-state index contributed by atoms with van der Waals surface area (Å²) in [5.74, 6) is 2.55. The SMILES string of the molecule is CN=C(NCCN1CCN(c2ncccn2)CC1)NCc1oc2ccccc2c1C.I. The molecule has 4 rings (SSSR count). The van der Waals surface area contributed by atoms with Gasteiger partial charge in [0.25, 0.3) is 0 Å². The number of aromatic nitrogens is 2. The summed E-state index contributed by atoms with van der Waals surface area (Å²) in [6.07, 6.45) is 3.59. The summed E-state index contributed by atoms with van der Waals surface area (Å²) >= 11 is 0. The van der Waals surface area contributed by atoms with E-state index in [9.17, 15) is 0 Å². The minimum absolute atomic E-state index is 0. The molecule has 0 aliphatic carbocycles. The molecule has 1 saturated heterocycles. The molecule has 0 atom stereocenters. The quantitative estimate of drug-likeness (QED) is 0.286. The second-order valence-electron chi connectivity index (χ2n) is 7.38. The molecule has 31 heavy (non-hydrogen) atoms. The van der Waals surface area contributed by atoms with Crippen molar-refractivity contribution in [3.63, 3.8) is 0 Å². The second-order valence-corrected chi connectivity index (χ2v) is 7.38. The van der Waals surface area contributed by atoms with Crippen LogP contribution in [-0.2, 0) is 6.54 Å². The lowest BCUT2D eigenvalue weighted by atomic mass is 10.1. The molecule has 2 N–H and O–H groups in total. The number of rotatable bonds is 6. The van der Waals surface area contributed by atoms with Crippen molar-refractivity contribution in [1.29, 1.82) is 0 Å². The van der Waals surface area contributed by atoms with Gasteiger partial charge in [0.15, 0.2) is 5.96 Å². The fourth-order valence-corrected chi connectivity index (χ4v) is 3.74. The van der Waals surface area contributed by atoms with Gasteiger partial charge in [0.05, 0.1) is 6.54 Å². The zero-order valence-corrected chi connectivity index (χ0v) is 20.4. The van der Waals surface area contributed by atoms with Gasteiger partial charge in [0.2, 0.25) is 5.95 Å². The third kappa shape index (κ3) is 5.85. The molecule has 0 bridgehead atoms. The predicted molar refractivity (Wildman–Crippen MR) is 135 cm³/mol. The number of nitrogens with one attached hydrogen (secondary N) is 2. The molecule has 1 aliphatic rings. The minimum atomic E-state index is 0. The maximum atomic E-state index is 5.97. The van der Waals surface area contributed by atoms with E-state index in [1.807, 2.05) is 24.3 Å². The van der Waals surface area contributed by atoms with Crippen LogP contribution in [0.15, 0.2) is 52.1 Å². The number of fused-ring (bicyclic) bond motifs is 1. The standard InChI is InChI=1S/C22H29N7O.HI/c1-17-18-6-3-4-7-19(18)30-20(17)16-27-21(23-2)24-10-11-28-12-14-29(15-13-28)22-25-8-5-9-26-22;/h3-9H,10-16H2,1-2H3,(H2,23,24,27);1H. The first kappa shape index (κ1) is 23.3. The van der Waals surface area contributed by atoms with E-state index in [-0.39, 0.29) is 24.0 Å². The van der Waals surface area contributed by atoms with Gasteiger partial charge in [-0.1, -0.05) is 18.2 Å². The van der Waals surface area contributed by atoms with Gasteiger partial charge in [-0.15, -0.1) is 24.0 Å². The third-order valence-electron chi connectivity index (χ3n) is 5.51. The number of nitrogens with zero attached hydrogens (tertiary/aromatic N) is 5. The number of para-hydroxylation sites is 1. The summed E-state index contributed by atoms with van der Waals surface area (Å²) in [5.41, 5.74) is 2.10. The van der Waals surface area contributed by atoms with Gasteiger partial charge in [-0.3, -0.25) is 9.89 Å². The molecule has 0 saturated carbocycles. The highest BCUT2D eigenvalue weighted by Crippen LogP contribution is 2.24. The average molecular weight is 535 g/mol. The first-order valence-electron chi connectivity index (χ1n) is 10.4. The Balaban J connectivity index is 0.00000272. The van der Waals surface area contributed by atoms with Gasteiger partial charge >= 0.3 is 0 Å². The predicted octanol–water partition coefficient (Wildman–Crippen LogP) is 2.64. The zero-order chi connectivity index (χ0) is 20.8. The molecule has 3 aromatic rings. The fourth-order valence-electron chi connectivity index (χ4n) is 3.74. The highest BCUT2D eigenvalue weighted by Gasteiger charge is 2.18. The van der Waals surface area contributed by atoms with E-state index in [1.165, 1.54) is 5.56 Å². The van der Waals surface area contributed by atoms with Crippen LogP contribution in [0.3, 0.4) is 0 Å². The molecule has 166 valence electrons. The topological polar surface area (TPSA) is 81.8 Å². The number of halogens is 1. The lowest BCUT2D eigenvalue weighted by molar-refractivity contribution is 0.260. The van der Waals surface area contributed by atoms with Crippen molar-refractivity contribution in [3.8, 4) is 0 Å². The van der Waals surface area contributed by atoms with Crippen LogP contribution in [0.4, 0.5) is 5.95 Å². The van der Waals surface area contributed by atoms with Crippen LogP contribution in [-0.4, -0.2) is 67.1 Å². The third-order valence-corrected chi connectivity index (χ3v) is 5.51. The van der Waals surface area contributed by atoms with Crippen molar-refractivity contribution in [1.82, 2.24) is 25.5 Å². The van der Waals surface area contributed by atoms with E-state index in [4.69, 9.17) is 4.42 Å². The lowest BCUT2D eigenvalue weighted by Gasteiger charge is -2.34. The monoisotopic (exact) mass is 535 g/mol. The number of benzene rings is 1. The molecular formula is C22H30IN7O. The Morgan fingerprint density at radius 2 is 1.81 bits per heavy atom. The van der Waals surface area contributed by atoms with Crippen LogP contribution in [0, 0.1) is 6.92 Å². The van der Waals surface area contributed by atoms with Gasteiger partial charge in [-0.25, -0.2) is 9.97 Å². The molecule has 0 amide bonds. The Hall–Kier alpha value is -2.40.